The summed E-state index contributed by atoms with van der Waals surface area (Å²) in [7, 11) is 0. The Balaban J connectivity index is 1.38. The largest absolute Gasteiger partial charge is 0.376 e. The summed E-state index contributed by atoms with van der Waals surface area (Å²) in [4.78, 5) is 30.1. The summed E-state index contributed by atoms with van der Waals surface area (Å²) in [6.45, 7) is 4.24. The summed E-state index contributed by atoms with van der Waals surface area (Å²) < 4.78 is 13.8. The van der Waals surface area contributed by atoms with Gasteiger partial charge >= 0.3 is 0 Å². The quantitative estimate of drug-likeness (QED) is 0.848. The number of carbonyl (C=O) groups is 2. The van der Waals surface area contributed by atoms with Crippen molar-refractivity contribution in [2.45, 2.75) is 31.6 Å². The fourth-order valence-electron chi connectivity index (χ4n) is 3.81. The molecule has 0 bridgehead atoms. The average Bonchev–Trinajstić information content (AvgIpc) is 3.25. The van der Waals surface area contributed by atoms with Gasteiger partial charge in [-0.2, -0.15) is 0 Å². The number of hydrogen-bond donors (Lipinski definition) is 1. The first-order valence-electron chi connectivity index (χ1n) is 9.22. The van der Waals surface area contributed by atoms with E-state index in [1.165, 1.54) is 6.92 Å². The minimum atomic E-state index is -0.478. The summed E-state index contributed by atoms with van der Waals surface area (Å²) >= 11 is 0. The fraction of sp³-hybridized carbons (Fsp3) is 0.526. The Kier molecular flexibility index (Phi) is 4.84. The van der Waals surface area contributed by atoms with Crippen molar-refractivity contribution in [2.75, 3.05) is 32.8 Å². The van der Waals surface area contributed by atoms with Crippen LogP contribution in [-0.4, -0.2) is 70.8 Å². The maximum atomic E-state index is 12.8. The standard InChI is InChI=1S/C19H24N4O4/c1-14(24)20-8-15-10-26-12-19(27-15)6-7-22(11-19)18(25)9-23-13-21-16-4-2-3-5-17(16)23/h2-5,13,15H,6-12H2,1H3,(H,20,24). The van der Waals surface area contributed by atoms with Crippen molar-refractivity contribution in [3.05, 3.63) is 30.6 Å². The number of likely N-dealkylation sites (tertiary alicyclic amines) is 1. The maximum absolute atomic E-state index is 12.8. The lowest BCUT2D eigenvalue weighted by Crippen LogP contribution is -2.52. The molecule has 1 aromatic carbocycles. The molecule has 0 saturated carbocycles. The van der Waals surface area contributed by atoms with Crippen LogP contribution in [0, 0.1) is 0 Å². The van der Waals surface area contributed by atoms with Gasteiger partial charge in [-0.3, -0.25) is 9.59 Å². The molecular formula is C19H24N4O4. The van der Waals surface area contributed by atoms with Gasteiger partial charge in [0, 0.05) is 20.0 Å². The Morgan fingerprint density at radius 1 is 1.37 bits per heavy atom. The number of imidazole rings is 1. The summed E-state index contributed by atoms with van der Waals surface area (Å²) in [6.07, 6.45) is 2.26. The Bertz CT molecular complexity index is 851. The summed E-state index contributed by atoms with van der Waals surface area (Å²) in [5.74, 6) is -0.0448. The van der Waals surface area contributed by atoms with Crippen molar-refractivity contribution in [3.8, 4) is 0 Å². The molecule has 27 heavy (non-hydrogen) atoms. The number of amides is 2. The van der Waals surface area contributed by atoms with Crippen molar-refractivity contribution >= 4 is 22.8 Å². The van der Waals surface area contributed by atoms with Gasteiger partial charge in [0.15, 0.2) is 0 Å². The Hall–Kier alpha value is -2.45. The number of fused-ring (bicyclic) bond motifs is 1. The SMILES string of the molecule is CC(=O)NCC1COCC2(CCN(C(=O)Cn3cnc4ccccc43)C2)O1. The van der Waals surface area contributed by atoms with Gasteiger partial charge < -0.3 is 24.3 Å². The third kappa shape index (κ3) is 3.81. The molecule has 2 saturated heterocycles. The molecular weight excluding hydrogens is 348 g/mol. The lowest BCUT2D eigenvalue weighted by atomic mass is 10.0. The van der Waals surface area contributed by atoms with Crippen molar-refractivity contribution in [3.63, 3.8) is 0 Å². The predicted octanol–water partition coefficient (Wildman–Crippen LogP) is 0.559. The monoisotopic (exact) mass is 372 g/mol. The van der Waals surface area contributed by atoms with Gasteiger partial charge in [-0.1, -0.05) is 12.1 Å². The van der Waals surface area contributed by atoms with Crippen molar-refractivity contribution < 1.29 is 19.1 Å². The van der Waals surface area contributed by atoms with Crippen LogP contribution in [-0.2, 0) is 25.6 Å². The van der Waals surface area contributed by atoms with Crippen LogP contribution < -0.4 is 5.32 Å². The van der Waals surface area contributed by atoms with E-state index < -0.39 is 5.60 Å². The second-order valence-electron chi connectivity index (χ2n) is 7.30. The van der Waals surface area contributed by atoms with E-state index in [0.717, 1.165) is 17.5 Å². The van der Waals surface area contributed by atoms with Crippen LogP contribution in [0.3, 0.4) is 0 Å². The van der Waals surface area contributed by atoms with Crippen molar-refractivity contribution in [1.29, 1.82) is 0 Å². The van der Waals surface area contributed by atoms with Gasteiger partial charge in [0.1, 0.15) is 12.1 Å². The van der Waals surface area contributed by atoms with Crippen LogP contribution in [0.25, 0.3) is 11.0 Å². The molecule has 2 unspecified atom stereocenters. The maximum Gasteiger partial charge on any atom is 0.242 e. The molecule has 1 aromatic heterocycles. The lowest BCUT2D eigenvalue weighted by Gasteiger charge is -2.38. The number of hydrogen-bond acceptors (Lipinski definition) is 5. The van der Waals surface area contributed by atoms with E-state index in [-0.39, 0.29) is 24.5 Å². The summed E-state index contributed by atoms with van der Waals surface area (Å²) in [5.41, 5.74) is 1.36. The molecule has 2 aliphatic heterocycles. The number of para-hydroxylation sites is 2. The van der Waals surface area contributed by atoms with Crippen LogP contribution in [0.5, 0.6) is 0 Å². The third-order valence-electron chi connectivity index (χ3n) is 5.17. The van der Waals surface area contributed by atoms with E-state index >= 15 is 0 Å². The predicted molar refractivity (Wildman–Crippen MR) is 98.0 cm³/mol. The number of rotatable bonds is 4. The van der Waals surface area contributed by atoms with E-state index in [1.807, 2.05) is 33.7 Å². The highest BCUT2D eigenvalue weighted by atomic mass is 16.6. The molecule has 2 amide bonds. The van der Waals surface area contributed by atoms with E-state index in [9.17, 15) is 9.59 Å². The second-order valence-corrected chi connectivity index (χ2v) is 7.30. The minimum absolute atomic E-state index is 0.0441. The van der Waals surface area contributed by atoms with Crippen molar-refractivity contribution in [1.82, 2.24) is 19.8 Å². The van der Waals surface area contributed by atoms with Gasteiger partial charge in [0.25, 0.3) is 0 Å². The van der Waals surface area contributed by atoms with Crippen LogP contribution in [0.2, 0.25) is 0 Å². The highest BCUT2D eigenvalue weighted by molar-refractivity contribution is 5.80. The molecule has 1 N–H and O–H groups in total. The summed E-state index contributed by atoms with van der Waals surface area (Å²) in [6, 6.07) is 7.77. The number of nitrogens with one attached hydrogen (secondary N) is 1. The minimum Gasteiger partial charge on any atom is -0.376 e. The Labute approximate surface area is 157 Å². The van der Waals surface area contributed by atoms with Crippen molar-refractivity contribution in [2.24, 2.45) is 0 Å². The number of aromatic nitrogens is 2. The van der Waals surface area contributed by atoms with Crippen LogP contribution in [0.1, 0.15) is 13.3 Å². The molecule has 2 fully saturated rings. The molecule has 8 nitrogen and oxygen atoms in total. The number of benzene rings is 1. The first-order valence-corrected chi connectivity index (χ1v) is 9.22. The average molecular weight is 372 g/mol. The third-order valence-corrected chi connectivity index (χ3v) is 5.17. The van der Waals surface area contributed by atoms with Gasteiger partial charge in [-0.05, 0) is 18.6 Å². The molecule has 8 heteroatoms. The number of nitrogens with zero attached hydrogens (tertiary/aromatic N) is 3. The van der Waals surface area contributed by atoms with Gasteiger partial charge in [0.2, 0.25) is 11.8 Å². The molecule has 3 heterocycles. The van der Waals surface area contributed by atoms with Gasteiger partial charge in [-0.25, -0.2) is 4.98 Å². The Morgan fingerprint density at radius 2 is 2.22 bits per heavy atom. The molecule has 1 spiro atoms. The Morgan fingerprint density at radius 3 is 3.07 bits per heavy atom. The first kappa shape index (κ1) is 17.9. The fourth-order valence-corrected chi connectivity index (χ4v) is 3.81. The molecule has 2 atom stereocenters. The highest BCUT2D eigenvalue weighted by Crippen LogP contribution is 2.30. The van der Waals surface area contributed by atoms with E-state index in [4.69, 9.17) is 9.47 Å². The molecule has 2 aliphatic rings. The molecule has 4 rings (SSSR count). The number of carbonyl (C=O) groups excluding carboxylic acids is 2. The smallest absolute Gasteiger partial charge is 0.242 e. The molecule has 144 valence electrons. The van der Waals surface area contributed by atoms with Crippen LogP contribution in [0.15, 0.2) is 30.6 Å². The zero-order valence-electron chi connectivity index (χ0n) is 15.4. The zero-order chi connectivity index (χ0) is 18.9. The van der Waals surface area contributed by atoms with Gasteiger partial charge in [0.05, 0.1) is 43.2 Å². The van der Waals surface area contributed by atoms with Crippen LogP contribution >= 0.6 is 0 Å². The summed E-state index contributed by atoms with van der Waals surface area (Å²) in [5, 5.41) is 2.77. The second kappa shape index (κ2) is 7.28. The van der Waals surface area contributed by atoms with E-state index in [1.54, 1.807) is 6.33 Å². The van der Waals surface area contributed by atoms with E-state index in [2.05, 4.69) is 10.3 Å². The van der Waals surface area contributed by atoms with Crippen LogP contribution in [0.4, 0.5) is 0 Å². The van der Waals surface area contributed by atoms with Gasteiger partial charge in [-0.15, -0.1) is 0 Å². The van der Waals surface area contributed by atoms with E-state index in [0.29, 0.717) is 32.8 Å². The highest BCUT2D eigenvalue weighted by Gasteiger charge is 2.45. The topological polar surface area (TPSA) is 85.7 Å². The lowest BCUT2D eigenvalue weighted by molar-refractivity contribution is -0.191. The number of ether oxygens (including phenoxy) is 2. The molecule has 0 aliphatic carbocycles. The first-order chi connectivity index (χ1) is 13.0. The normalized spacial score (nSPS) is 25.2. The molecule has 2 aromatic rings. The molecule has 0 radical (unpaired) electrons. The zero-order valence-corrected chi connectivity index (χ0v) is 15.4.